The Hall–Kier alpha value is -6.76. The number of hydrogen-bond donors (Lipinski definition) is 4. The summed E-state index contributed by atoms with van der Waals surface area (Å²) >= 11 is 11.3. The predicted molar refractivity (Wildman–Crippen MR) is 251 cm³/mol. The van der Waals surface area contributed by atoms with Crippen molar-refractivity contribution in [2.24, 2.45) is 0 Å². The number of carbonyl (C=O) groups excluding carboxylic acids is 8. The van der Waals surface area contributed by atoms with Gasteiger partial charge < -0.3 is 68.6 Å². The first kappa shape index (κ1) is 54.2. The van der Waals surface area contributed by atoms with Crippen molar-refractivity contribution < 1.29 is 85.7 Å². The standard InChI is InChI=1S/C46H54N4O18S2/c1-21(51)59-19-35-37(61-23(3)53)39(63-25(5)55)41(65-27(7)57)43(67-35)49-45(69)47-17-31-13-9-11-29-15-30-12-10-14-32(34(30)16-33(29)31)18-48-46(70)50-44-42(66-28(8)58)40(64-26(6)56)38(62-24(4)54)36(68-44)20-60-22(2)52/h9-16,35-44H,17-20H2,1-8H3,(H2,47,49,69)(H2,48,50,70)/t35-,36-,37-,38-,39+,40+,41-,42-,43-,44-/m1/s1. The zero-order chi connectivity index (χ0) is 51.4. The van der Waals surface area contributed by atoms with E-state index in [0.29, 0.717) is 0 Å². The molecule has 70 heavy (non-hydrogen) atoms. The molecule has 0 amide bonds. The van der Waals surface area contributed by atoms with E-state index in [0.717, 1.165) is 74.2 Å². The Morgan fingerprint density at radius 1 is 0.457 bits per heavy atom. The molecule has 0 aromatic heterocycles. The molecule has 24 heteroatoms. The molecule has 2 fully saturated rings. The molecule has 2 aliphatic heterocycles. The molecule has 3 aromatic carbocycles. The lowest BCUT2D eigenvalue weighted by Crippen LogP contribution is -2.66. The van der Waals surface area contributed by atoms with E-state index in [1.807, 2.05) is 48.5 Å². The minimum Gasteiger partial charge on any atom is -0.463 e. The summed E-state index contributed by atoms with van der Waals surface area (Å²) in [4.78, 5) is 97.1. The average Bonchev–Trinajstić information content (AvgIpc) is 3.26. The molecule has 22 nitrogen and oxygen atoms in total. The molecule has 0 aliphatic carbocycles. The van der Waals surface area contributed by atoms with Crippen molar-refractivity contribution >= 4 is 104 Å². The van der Waals surface area contributed by atoms with Gasteiger partial charge in [-0.2, -0.15) is 0 Å². The summed E-state index contributed by atoms with van der Waals surface area (Å²) in [6, 6.07) is 15.5. The van der Waals surface area contributed by atoms with Gasteiger partial charge in [-0.05, 0) is 69.2 Å². The Labute approximate surface area is 412 Å². The summed E-state index contributed by atoms with van der Waals surface area (Å²) in [5.41, 5.74) is 1.63. The molecule has 0 saturated carbocycles. The smallest absolute Gasteiger partial charge is 0.303 e. The molecular weight excluding hydrogens is 961 g/mol. The van der Waals surface area contributed by atoms with Crippen molar-refractivity contribution in [1.29, 1.82) is 0 Å². The van der Waals surface area contributed by atoms with Crippen molar-refractivity contribution in [2.75, 3.05) is 13.2 Å². The van der Waals surface area contributed by atoms with Crippen LogP contribution in [-0.4, -0.2) is 132 Å². The van der Waals surface area contributed by atoms with E-state index >= 15 is 0 Å². The van der Waals surface area contributed by atoms with Gasteiger partial charge in [-0.15, -0.1) is 0 Å². The van der Waals surface area contributed by atoms with E-state index in [1.54, 1.807) is 0 Å². The number of carbonyl (C=O) groups is 8. The number of fused-ring (bicyclic) bond motifs is 2. The zero-order valence-corrected chi connectivity index (χ0v) is 41.0. The van der Waals surface area contributed by atoms with Crippen molar-refractivity contribution in [1.82, 2.24) is 21.3 Å². The van der Waals surface area contributed by atoms with E-state index in [-0.39, 0.29) is 23.3 Å². The number of benzene rings is 3. The monoisotopic (exact) mass is 1010 g/mol. The minimum atomic E-state index is -1.40. The van der Waals surface area contributed by atoms with Crippen LogP contribution >= 0.6 is 24.4 Å². The van der Waals surface area contributed by atoms with Gasteiger partial charge in [0.1, 0.15) is 25.4 Å². The molecular formula is C46H54N4O18S2. The van der Waals surface area contributed by atoms with Gasteiger partial charge in [-0.1, -0.05) is 36.4 Å². The molecule has 0 spiro atoms. The Balaban J connectivity index is 1.35. The van der Waals surface area contributed by atoms with Crippen LogP contribution in [0.3, 0.4) is 0 Å². The summed E-state index contributed by atoms with van der Waals surface area (Å²) in [5.74, 6) is -5.95. The maximum absolute atomic E-state index is 12.3. The maximum Gasteiger partial charge on any atom is 0.303 e. The largest absolute Gasteiger partial charge is 0.463 e. The zero-order valence-electron chi connectivity index (χ0n) is 39.4. The van der Waals surface area contributed by atoms with Crippen LogP contribution in [-0.2, 0) is 98.8 Å². The third kappa shape index (κ3) is 15.1. The van der Waals surface area contributed by atoms with E-state index in [1.165, 1.54) is 13.8 Å². The highest BCUT2D eigenvalue weighted by Crippen LogP contribution is 2.31. The summed E-state index contributed by atoms with van der Waals surface area (Å²) in [7, 11) is 0. The van der Waals surface area contributed by atoms with E-state index in [2.05, 4.69) is 21.3 Å². The highest BCUT2D eigenvalue weighted by atomic mass is 32.1. The number of nitrogens with one attached hydrogen (secondary N) is 4. The lowest BCUT2D eigenvalue weighted by Gasteiger charge is -2.44. The Bertz CT molecular complexity index is 2340. The summed E-state index contributed by atoms with van der Waals surface area (Å²) in [6.45, 7) is 8.62. The van der Waals surface area contributed by atoms with Crippen molar-refractivity contribution in [3.8, 4) is 0 Å². The van der Waals surface area contributed by atoms with Gasteiger partial charge >= 0.3 is 47.8 Å². The van der Waals surface area contributed by atoms with Gasteiger partial charge in [0.25, 0.3) is 0 Å². The molecule has 3 aromatic rings. The molecule has 378 valence electrons. The molecule has 2 heterocycles. The lowest BCUT2D eigenvalue weighted by molar-refractivity contribution is -0.255. The maximum atomic E-state index is 12.3. The number of esters is 8. The molecule has 0 radical (unpaired) electrons. The highest BCUT2D eigenvalue weighted by molar-refractivity contribution is 7.80. The average molecular weight is 1020 g/mol. The molecule has 5 rings (SSSR count). The number of thiocarbonyl (C=S) groups is 2. The number of ether oxygens (including phenoxy) is 10. The molecule has 10 atom stereocenters. The predicted octanol–water partition coefficient (Wildman–Crippen LogP) is 2.09. The molecule has 2 aliphatic rings. The fourth-order valence-corrected chi connectivity index (χ4v) is 8.27. The van der Waals surface area contributed by atoms with Crippen molar-refractivity contribution in [3.63, 3.8) is 0 Å². The molecule has 0 unspecified atom stereocenters. The third-order valence-corrected chi connectivity index (χ3v) is 11.0. The fourth-order valence-electron chi connectivity index (χ4n) is 7.89. The van der Waals surface area contributed by atoms with Crippen LogP contribution in [0.5, 0.6) is 0 Å². The van der Waals surface area contributed by atoms with Crippen molar-refractivity contribution in [3.05, 3.63) is 59.7 Å². The SMILES string of the molecule is CC(=O)OC[C@H]1O[C@@H](NC(=S)NCc2cccc3cc4cccc(CNC(=S)N[C@@H]5O[C@H](COC(C)=O)[C@@H](OC(C)=O)[C@H](OC(C)=O)[C@H]5OC(C)=O)c4cc23)[C@H](OC(C)=O)[C@@H](OC(C)=O)[C@@H]1OC(C)=O. The van der Waals surface area contributed by atoms with Gasteiger partial charge in [0.2, 0.25) is 0 Å². The van der Waals surface area contributed by atoms with Crippen LogP contribution in [0, 0.1) is 0 Å². The van der Waals surface area contributed by atoms with E-state index in [9.17, 15) is 38.4 Å². The number of hydrogen-bond acceptors (Lipinski definition) is 20. The van der Waals surface area contributed by atoms with E-state index in [4.69, 9.17) is 71.8 Å². The normalized spacial score (nSPS) is 23.8. The first-order valence-corrected chi connectivity index (χ1v) is 22.5. The molecule has 0 bridgehead atoms. The lowest BCUT2D eigenvalue weighted by atomic mass is 9.96. The summed E-state index contributed by atoms with van der Waals surface area (Å²) in [6.07, 6.45) is -13.2. The highest BCUT2D eigenvalue weighted by Gasteiger charge is 2.54. The minimum absolute atomic E-state index is 0.0289. The Morgan fingerprint density at radius 2 is 0.786 bits per heavy atom. The van der Waals surface area contributed by atoms with Crippen LogP contribution in [0.15, 0.2) is 48.5 Å². The van der Waals surface area contributed by atoms with Crippen LogP contribution in [0.25, 0.3) is 21.5 Å². The van der Waals surface area contributed by atoms with Gasteiger partial charge in [-0.3, -0.25) is 38.4 Å². The Kier molecular flexibility index (Phi) is 19.1. The topological polar surface area (TPSA) is 277 Å². The van der Waals surface area contributed by atoms with E-state index < -0.39 is 122 Å². The fraction of sp³-hybridized carbons (Fsp3) is 0.478. The van der Waals surface area contributed by atoms with Crippen LogP contribution in [0.1, 0.15) is 66.5 Å². The summed E-state index contributed by atoms with van der Waals surface area (Å²) in [5, 5.41) is 15.7. The summed E-state index contributed by atoms with van der Waals surface area (Å²) < 4.78 is 55.6. The second-order valence-electron chi connectivity index (χ2n) is 16.0. The van der Waals surface area contributed by atoms with Crippen LogP contribution in [0.4, 0.5) is 0 Å². The van der Waals surface area contributed by atoms with Gasteiger partial charge in [0.15, 0.2) is 59.3 Å². The first-order chi connectivity index (χ1) is 33.1. The third-order valence-electron chi connectivity index (χ3n) is 10.5. The molecule has 4 N–H and O–H groups in total. The molecule has 2 saturated heterocycles. The van der Waals surface area contributed by atoms with Gasteiger partial charge in [0, 0.05) is 68.5 Å². The van der Waals surface area contributed by atoms with Gasteiger partial charge in [0.05, 0.1) is 0 Å². The quantitative estimate of drug-likeness (QED) is 0.0692. The number of rotatable bonds is 16. The van der Waals surface area contributed by atoms with Crippen LogP contribution in [0.2, 0.25) is 0 Å². The second-order valence-corrected chi connectivity index (χ2v) is 16.8. The first-order valence-electron chi connectivity index (χ1n) is 21.7. The van der Waals surface area contributed by atoms with Crippen LogP contribution < -0.4 is 21.3 Å². The van der Waals surface area contributed by atoms with Gasteiger partial charge in [-0.25, -0.2) is 0 Å². The van der Waals surface area contributed by atoms with Crippen molar-refractivity contribution in [2.45, 2.75) is 130 Å². The second kappa shape index (κ2) is 24.7. The Morgan fingerprint density at radius 3 is 1.11 bits per heavy atom.